The predicted octanol–water partition coefficient (Wildman–Crippen LogP) is 4.12. The van der Waals surface area contributed by atoms with E-state index < -0.39 is 17.6 Å². The molecule has 0 spiro atoms. The summed E-state index contributed by atoms with van der Waals surface area (Å²) in [7, 11) is 0. The first-order chi connectivity index (χ1) is 17.2. The Morgan fingerprint density at radius 1 is 1.14 bits per heavy atom. The lowest BCUT2D eigenvalue weighted by molar-refractivity contribution is -0.140. The summed E-state index contributed by atoms with van der Waals surface area (Å²) in [6.07, 6.45) is 1.52. The average Bonchev–Trinajstić information content (AvgIpc) is 3.32. The number of imide groups is 1. The van der Waals surface area contributed by atoms with E-state index in [1.165, 1.54) is 17.0 Å². The van der Waals surface area contributed by atoms with E-state index >= 15 is 0 Å². The Bertz CT molecular complexity index is 1330. The number of aromatic nitrogens is 1. The summed E-state index contributed by atoms with van der Waals surface area (Å²) in [4.78, 5) is 47.2. The minimum Gasteiger partial charge on any atom is -0.356 e. The van der Waals surface area contributed by atoms with E-state index in [2.05, 4.69) is 10.3 Å². The number of nitrogens with one attached hydrogen (secondary N) is 2. The van der Waals surface area contributed by atoms with Crippen LogP contribution in [0.25, 0.3) is 10.9 Å². The molecule has 0 aliphatic carbocycles. The number of nitrogens with zero attached hydrogens (tertiary/aromatic N) is 2. The first-order valence-electron chi connectivity index (χ1n) is 12.5. The molecule has 2 aliphatic heterocycles. The second kappa shape index (κ2) is 9.08. The summed E-state index contributed by atoms with van der Waals surface area (Å²) in [5.74, 6) is -0.950. The maximum atomic E-state index is 14.0. The van der Waals surface area contributed by atoms with Crippen molar-refractivity contribution in [3.63, 3.8) is 0 Å². The molecule has 0 saturated carbocycles. The van der Waals surface area contributed by atoms with Gasteiger partial charge in [-0.15, -0.1) is 0 Å². The lowest BCUT2D eigenvalue weighted by Gasteiger charge is -2.36. The van der Waals surface area contributed by atoms with Gasteiger partial charge in [0.1, 0.15) is 11.9 Å². The number of hydrogen-bond donors (Lipinski definition) is 2. The van der Waals surface area contributed by atoms with E-state index in [1.54, 1.807) is 24.0 Å². The summed E-state index contributed by atoms with van der Waals surface area (Å²) in [6, 6.07) is 12.7. The summed E-state index contributed by atoms with van der Waals surface area (Å²) < 4.78 is 13.2. The second-order valence-corrected chi connectivity index (χ2v) is 10.3. The minimum atomic E-state index is -1.19. The van der Waals surface area contributed by atoms with Crippen molar-refractivity contribution in [1.82, 2.24) is 20.1 Å². The van der Waals surface area contributed by atoms with Gasteiger partial charge in [0.05, 0.1) is 5.69 Å². The van der Waals surface area contributed by atoms with Crippen LogP contribution in [-0.2, 0) is 28.0 Å². The van der Waals surface area contributed by atoms with Crippen LogP contribution in [0.2, 0.25) is 0 Å². The van der Waals surface area contributed by atoms with Gasteiger partial charge < -0.3 is 15.2 Å². The molecule has 0 unspecified atom stereocenters. The zero-order valence-electron chi connectivity index (χ0n) is 20.8. The number of H-pyrrole nitrogens is 1. The fraction of sp³-hybridized carbons (Fsp3) is 0.393. The van der Waals surface area contributed by atoms with Crippen LogP contribution in [0.5, 0.6) is 0 Å². The number of urea groups is 1. The molecule has 188 valence electrons. The molecule has 2 aromatic carbocycles. The lowest BCUT2D eigenvalue weighted by atomic mass is 9.87. The lowest BCUT2D eigenvalue weighted by Crippen LogP contribution is -2.51. The number of benzene rings is 2. The van der Waals surface area contributed by atoms with Crippen molar-refractivity contribution in [1.29, 1.82) is 0 Å². The molecule has 0 bridgehead atoms. The Kier molecular flexibility index (Phi) is 6.06. The molecular weight excluding hydrogens is 459 g/mol. The highest BCUT2D eigenvalue weighted by molar-refractivity contribution is 6.11. The van der Waals surface area contributed by atoms with Crippen LogP contribution in [0.1, 0.15) is 44.0 Å². The normalized spacial score (nSPS) is 20.1. The molecule has 3 aromatic rings. The first-order valence-corrected chi connectivity index (χ1v) is 12.5. The number of para-hydroxylation sites is 1. The molecule has 2 N–H and O–H groups in total. The highest BCUT2D eigenvalue weighted by Crippen LogP contribution is 2.44. The van der Waals surface area contributed by atoms with E-state index in [4.69, 9.17) is 0 Å². The molecule has 2 atom stereocenters. The first kappa shape index (κ1) is 24.0. The molecule has 0 radical (unpaired) electrons. The molecule has 36 heavy (non-hydrogen) atoms. The average molecular weight is 491 g/mol. The fourth-order valence-electron chi connectivity index (χ4n) is 5.57. The number of halogens is 1. The van der Waals surface area contributed by atoms with Crippen molar-refractivity contribution in [3.8, 4) is 0 Å². The van der Waals surface area contributed by atoms with Crippen molar-refractivity contribution in [2.45, 2.75) is 51.6 Å². The zero-order valence-corrected chi connectivity index (χ0v) is 20.8. The number of rotatable bonds is 7. The largest absolute Gasteiger partial charge is 0.356 e. The molecule has 2 aliphatic rings. The number of carbonyl (C=O) groups is 3. The highest BCUT2D eigenvalue weighted by atomic mass is 19.1. The smallest absolute Gasteiger partial charge is 0.328 e. The van der Waals surface area contributed by atoms with Gasteiger partial charge in [0.2, 0.25) is 5.91 Å². The van der Waals surface area contributed by atoms with Gasteiger partial charge in [0.15, 0.2) is 5.54 Å². The van der Waals surface area contributed by atoms with Crippen molar-refractivity contribution >= 4 is 28.7 Å². The summed E-state index contributed by atoms with van der Waals surface area (Å²) in [5, 5.41) is 3.96. The van der Waals surface area contributed by atoms with Crippen LogP contribution < -0.4 is 5.32 Å². The van der Waals surface area contributed by atoms with Crippen molar-refractivity contribution in [2.75, 3.05) is 13.1 Å². The van der Waals surface area contributed by atoms with E-state index in [0.29, 0.717) is 32.4 Å². The molecule has 1 aromatic heterocycles. The maximum absolute atomic E-state index is 14.0. The molecule has 1 fully saturated rings. The van der Waals surface area contributed by atoms with Crippen LogP contribution >= 0.6 is 0 Å². The number of amides is 4. The van der Waals surface area contributed by atoms with Crippen molar-refractivity contribution in [2.24, 2.45) is 5.92 Å². The summed E-state index contributed by atoms with van der Waals surface area (Å²) >= 11 is 0. The Morgan fingerprint density at radius 3 is 2.58 bits per heavy atom. The molecule has 7 nitrogen and oxygen atoms in total. The van der Waals surface area contributed by atoms with Crippen LogP contribution in [0.4, 0.5) is 9.18 Å². The third-order valence-corrected chi connectivity index (χ3v) is 7.43. The zero-order chi connectivity index (χ0) is 25.6. The second-order valence-electron chi connectivity index (χ2n) is 10.3. The van der Waals surface area contributed by atoms with Crippen LogP contribution in [-0.4, -0.2) is 51.8 Å². The Balaban J connectivity index is 1.41. The van der Waals surface area contributed by atoms with E-state index in [-0.39, 0.29) is 23.5 Å². The standard InChI is InChI=1S/C28H31FN4O3/c1-17(2)16-23(25(34)30-14-12-18-8-10-19(29)11-9-18)33-26(35)28(3)24-21(13-15-32(28)27(33)36)20-6-4-5-7-22(20)31-24/h4-11,17,23,31H,12-16H2,1-3H3,(H,30,34)/t23-,28-/m0/s1. The quantitative estimate of drug-likeness (QED) is 0.489. The van der Waals surface area contributed by atoms with E-state index in [9.17, 15) is 18.8 Å². The van der Waals surface area contributed by atoms with Gasteiger partial charge in [-0.2, -0.15) is 0 Å². The summed E-state index contributed by atoms with van der Waals surface area (Å²) in [5.41, 5.74) is 2.42. The minimum absolute atomic E-state index is 0.0903. The predicted molar refractivity (Wildman–Crippen MR) is 135 cm³/mol. The molecule has 1 saturated heterocycles. The Morgan fingerprint density at radius 2 is 1.86 bits per heavy atom. The topological polar surface area (TPSA) is 85.5 Å². The van der Waals surface area contributed by atoms with Crippen molar-refractivity contribution in [3.05, 3.63) is 71.2 Å². The number of carbonyl (C=O) groups excluding carboxylic acids is 3. The Labute approximate surface area is 209 Å². The van der Waals surface area contributed by atoms with E-state index in [0.717, 1.165) is 27.7 Å². The number of hydrogen-bond acceptors (Lipinski definition) is 3. The molecule has 5 rings (SSSR count). The molecule has 3 heterocycles. The maximum Gasteiger partial charge on any atom is 0.328 e. The van der Waals surface area contributed by atoms with E-state index in [1.807, 2.05) is 38.1 Å². The van der Waals surface area contributed by atoms with Crippen LogP contribution in [0, 0.1) is 11.7 Å². The van der Waals surface area contributed by atoms with Gasteiger partial charge in [-0.05, 0) is 61.4 Å². The summed E-state index contributed by atoms with van der Waals surface area (Å²) in [6.45, 7) is 6.44. The molecule has 4 amide bonds. The monoisotopic (exact) mass is 490 g/mol. The third-order valence-electron chi connectivity index (χ3n) is 7.43. The Hall–Kier alpha value is -3.68. The van der Waals surface area contributed by atoms with Crippen LogP contribution in [0.15, 0.2) is 48.5 Å². The van der Waals surface area contributed by atoms with Gasteiger partial charge in [-0.1, -0.05) is 44.2 Å². The number of aromatic amines is 1. The molecular formula is C28H31FN4O3. The highest BCUT2D eigenvalue weighted by Gasteiger charge is 2.60. The third kappa shape index (κ3) is 3.85. The van der Waals surface area contributed by atoms with Gasteiger partial charge in [0.25, 0.3) is 5.91 Å². The van der Waals surface area contributed by atoms with Crippen LogP contribution in [0.3, 0.4) is 0 Å². The SMILES string of the molecule is CC(C)C[C@@H](C(=O)NCCc1ccc(F)cc1)N1C(=O)N2CCc3c([nH]c4ccccc34)[C@@]2(C)C1=O. The van der Waals surface area contributed by atoms with Gasteiger partial charge >= 0.3 is 6.03 Å². The van der Waals surface area contributed by atoms with Crippen molar-refractivity contribution < 1.29 is 18.8 Å². The van der Waals surface area contributed by atoms with Gasteiger partial charge in [-0.25, -0.2) is 14.1 Å². The van der Waals surface area contributed by atoms with Gasteiger partial charge in [-0.3, -0.25) is 9.59 Å². The molecule has 8 heteroatoms. The fourth-order valence-corrected chi connectivity index (χ4v) is 5.57. The number of fused-ring (bicyclic) bond motifs is 5. The van der Waals surface area contributed by atoms with Gasteiger partial charge in [0, 0.05) is 24.0 Å².